The molecular weight excluding hydrogens is 244 g/mol. The molecule has 2 N–H and O–H groups in total. The van der Waals surface area contributed by atoms with E-state index in [1.54, 1.807) is 11.3 Å². The summed E-state index contributed by atoms with van der Waals surface area (Å²) in [7, 11) is 2.08. The molecule has 0 radical (unpaired) electrons. The van der Waals surface area contributed by atoms with E-state index < -0.39 is 0 Å². The van der Waals surface area contributed by atoms with Crippen LogP contribution in [0.2, 0.25) is 0 Å². The molecular formula is C13H20N4S. The van der Waals surface area contributed by atoms with E-state index in [2.05, 4.69) is 42.7 Å². The molecule has 0 saturated carbocycles. The minimum Gasteiger partial charge on any atom is -0.383 e. The molecule has 2 rings (SSSR count). The smallest absolute Gasteiger partial charge is 0.146 e. The summed E-state index contributed by atoms with van der Waals surface area (Å²) >= 11 is 1.70. The Morgan fingerprint density at radius 3 is 2.67 bits per heavy atom. The molecule has 2 aromatic rings. The minimum absolute atomic E-state index is 0.613. The van der Waals surface area contributed by atoms with Gasteiger partial charge in [-0.2, -0.15) is 0 Å². The Morgan fingerprint density at radius 1 is 1.28 bits per heavy atom. The lowest BCUT2D eigenvalue weighted by Gasteiger charge is -2.14. The number of nitrogens with zero attached hydrogens (tertiary/aromatic N) is 3. The van der Waals surface area contributed by atoms with Crippen molar-refractivity contribution in [2.45, 2.75) is 33.7 Å². The van der Waals surface area contributed by atoms with Gasteiger partial charge < -0.3 is 5.73 Å². The van der Waals surface area contributed by atoms with Crippen LogP contribution >= 0.6 is 11.3 Å². The second-order valence-corrected chi connectivity index (χ2v) is 5.93. The number of thiophene rings is 1. The summed E-state index contributed by atoms with van der Waals surface area (Å²) in [5.74, 6) is 1.43. The van der Waals surface area contributed by atoms with Crippen LogP contribution in [0.4, 0.5) is 5.82 Å². The van der Waals surface area contributed by atoms with Crippen molar-refractivity contribution in [3.63, 3.8) is 0 Å². The van der Waals surface area contributed by atoms with Gasteiger partial charge in [-0.05, 0) is 39.4 Å². The summed E-state index contributed by atoms with van der Waals surface area (Å²) < 4.78 is 0. The highest BCUT2D eigenvalue weighted by Gasteiger charge is 2.13. The number of hydrogen-bond acceptors (Lipinski definition) is 5. The SMILES string of the molecule is CCCN(C)Cc1nc(N)c2c(C)c(C)sc2n1. The third-order valence-corrected chi connectivity index (χ3v) is 4.22. The van der Waals surface area contributed by atoms with E-state index in [0.717, 1.165) is 35.6 Å². The lowest BCUT2D eigenvalue weighted by Crippen LogP contribution is -2.20. The molecule has 0 fully saturated rings. The molecule has 2 heterocycles. The lowest BCUT2D eigenvalue weighted by molar-refractivity contribution is 0.320. The van der Waals surface area contributed by atoms with Gasteiger partial charge in [0.15, 0.2) is 0 Å². The number of anilines is 1. The van der Waals surface area contributed by atoms with Crippen molar-refractivity contribution >= 4 is 27.4 Å². The van der Waals surface area contributed by atoms with Crippen LogP contribution in [0.3, 0.4) is 0 Å². The zero-order chi connectivity index (χ0) is 13.3. The van der Waals surface area contributed by atoms with Gasteiger partial charge in [0.05, 0.1) is 11.9 Å². The molecule has 0 bridgehead atoms. The van der Waals surface area contributed by atoms with Crippen molar-refractivity contribution in [3.05, 3.63) is 16.3 Å². The first kappa shape index (κ1) is 13.2. The first-order valence-corrected chi connectivity index (χ1v) is 7.05. The standard InChI is InChI=1S/C13H20N4S/c1-5-6-17(4)7-10-15-12(14)11-8(2)9(3)18-13(11)16-10/h5-7H2,1-4H3,(H2,14,15,16). The Morgan fingerprint density at radius 2 is 2.00 bits per heavy atom. The van der Waals surface area contributed by atoms with Gasteiger partial charge in [-0.15, -0.1) is 11.3 Å². The third kappa shape index (κ3) is 2.47. The van der Waals surface area contributed by atoms with Gasteiger partial charge in [0.1, 0.15) is 16.5 Å². The topological polar surface area (TPSA) is 55.0 Å². The van der Waals surface area contributed by atoms with Crippen LogP contribution in [-0.4, -0.2) is 28.5 Å². The Balaban J connectivity index is 2.37. The van der Waals surface area contributed by atoms with Crippen LogP contribution in [0.25, 0.3) is 10.2 Å². The van der Waals surface area contributed by atoms with E-state index in [0.29, 0.717) is 5.82 Å². The fourth-order valence-corrected chi connectivity index (χ4v) is 3.16. The number of nitrogen functional groups attached to an aromatic ring is 1. The van der Waals surface area contributed by atoms with E-state index >= 15 is 0 Å². The average molecular weight is 264 g/mol. The van der Waals surface area contributed by atoms with Crippen molar-refractivity contribution in [3.8, 4) is 0 Å². The second-order valence-electron chi connectivity index (χ2n) is 4.73. The summed E-state index contributed by atoms with van der Waals surface area (Å²) in [6.07, 6.45) is 1.13. The number of aryl methyl sites for hydroxylation is 2. The maximum absolute atomic E-state index is 6.06. The monoisotopic (exact) mass is 264 g/mol. The summed E-state index contributed by atoms with van der Waals surface area (Å²) in [6, 6.07) is 0. The molecule has 0 aliphatic rings. The highest BCUT2D eigenvalue weighted by Crippen LogP contribution is 2.31. The highest BCUT2D eigenvalue weighted by molar-refractivity contribution is 7.18. The van der Waals surface area contributed by atoms with Crippen LogP contribution < -0.4 is 5.73 Å². The normalized spacial score (nSPS) is 11.6. The van der Waals surface area contributed by atoms with Crippen LogP contribution in [-0.2, 0) is 6.54 Å². The Kier molecular flexibility index (Phi) is 3.82. The summed E-state index contributed by atoms with van der Waals surface area (Å²) in [4.78, 5) is 13.6. The van der Waals surface area contributed by atoms with Gasteiger partial charge in [-0.3, -0.25) is 4.90 Å². The Hall–Kier alpha value is -1.20. The first-order chi connectivity index (χ1) is 8.52. The predicted octanol–water partition coefficient (Wildman–Crippen LogP) is 2.73. The maximum atomic E-state index is 6.06. The Labute approximate surface area is 112 Å². The highest BCUT2D eigenvalue weighted by atomic mass is 32.1. The third-order valence-electron chi connectivity index (χ3n) is 3.12. The van der Waals surface area contributed by atoms with Gasteiger partial charge >= 0.3 is 0 Å². The van der Waals surface area contributed by atoms with E-state index in [1.807, 2.05) is 0 Å². The zero-order valence-electron chi connectivity index (χ0n) is 11.4. The molecule has 98 valence electrons. The molecule has 0 atom stereocenters. The molecule has 2 aromatic heterocycles. The molecule has 0 aliphatic carbocycles. The maximum Gasteiger partial charge on any atom is 0.146 e. The van der Waals surface area contributed by atoms with Crippen molar-refractivity contribution in [2.75, 3.05) is 19.3 Å². The summed E-state index contributed by atoms with van der Waals surface area (Å²) in [5.41, 5.74) is 7.27. The molecule has 0 unspecified atom stereocenters. The predicted molar refractivity (Wildman–Crippen MR) is 77.9 cm³/mol. The largest absolute Gasteiger partial charge is 0.383 e. The van der Waals surface area contributed by atoms with E-state index in [4.69, 9.17) is 5.73 Å². The first-order valence-electron chi connectivity index (χ1n) is 6.23. The number of fused-ring (bicyclic) bond motifs is 1. The van der Waals surface area contributed by atoms with Crippen LogP contribution in [0.5, 0.6) is 0 Å². The zero-order valence-corrected chi connectivity index (χ0v) is 12.3. The fraction of sp³-hybridized carbons (Fsp3) is 0.538. The second kappa shape index (κ2) is 5.20. The van der Waals surface area contributed by atoms with E-state index in [-0.39, 0.29) is 0 Å². The number of hydrogen-bond donors (Lipinski definition) is 1. The summed E-state index contributed by atoms with van der Waals surface area (Å²) in [5, 5.41) is 1.03. The average Bonchev–Trinajstić information content (AvgIpc) is 2.55. The molecule has 0 aromatic carbocycles. The van der Waals surface area contributed by atoms with Crippen molar-refractivity contribution < 1.29 is 0 Å². The van der Waals surface area contributed by atoms with Gasteiger partial charge in [-0.25, -0.2) is 9.97 Å². The fourth-order valence-electron chi connectivity index (χ4n) is 2.10. The van der Waals surface area contributed by atoms with E-state index in [9.17, 15) is 0 Å². The molecule has 4 nitrogen and oxygen atoms in total. The van der Waals surface area contributed by atoms with Gasteiger partial charge in [0.2, 0.25) is 0 Å². The minimum atomic E-state index is 0.613. The number of aromatic nitrogens is 2. The molecule has 0 spiro atoms. The van der Waals surface area contributed by atoms with Gasteiger partial charge in [0, 0.05) is 4.88 Å². The molecule has 18 heavy (non-hydrogen) atoms. The van der Waals surface area contributed by atoms with E-state index in [1.165, 1.54) is 10.4 Å². The number of nitrogens with two attached hydrogens (primary N) is 1. The van der Waals surface area contributed by atoms with Crippen LogP contribution in [0.15, 0.2) is 0 Å². The van der Waals surface area contributed by atoms with Crippen molar-refractivity contribution in [2.24, 2.45) is 0 Å². The summed E-state index contributed by atoms with van der Waals surface area (Å²) in [6.45, 7) is 8.15. The van der Waals surface area contributed by atoms with Crippen molar-refractivity contribution in [1.82, 2.24) is 14.9 Å². The lowest BCUT2D eigenvalue weighted by atomic mass is 10.2. The quantitative estimate of drug-likeness (QED) is 0.922. The molecule has 0 amide bonds. The Bertz CT molecular complexity index is 562. The number of rotatable bonds is 4. The van der Waals surface area contributed by atoms with Crippen LogP contribution in [0, 0.1) is 13.8 Å². The van der Waals surface area contributed by atoms with Crippen molar-refractivity contribution in [1.29, 1.82) is 0 Å². The molecule has 5 heteroatoms. The van der Waals surface area contributed by atoms with Gasteiger partial charge in [-0.1, -0.05) is 6.92 Å². The molecule has 0 saturated heterocycles. The molecule has 0 aliphatic heterocycles. The van der Waals surface area contributed by atoms with Crippen LogP contribution in [0.1, 0.15) is 29.6 Å². The van der Waals surface area contributed by atoms with Gasteiger partial charge in [0.25, 0.3) is 0 Å².